The molecule has 2 aromatic heterocycles. The molecule has 1 aliphatic carbocycles. The quantitative estimate of drug-likeness (QED) is 0.502. The number of hydrogen-bond acceptors (Lipinski definition) is 8. The van der Waals surface area contributed by atoms with Crippen molar-refractivity contribution in [2.45, 2.75) is 31.6 Å². The number of anilines is 1. The van der Waals surface area contributed by atoms with Gasteiger partial charge in [0.05, 0.1) is 42.2 Å². The van der Waals surface area contributed by atoms with Gasteiger partial charge in [-0.25, -0.2) is 23.4 Å². The number of aromatic nitrogens is 4. The molecule has 1 amide bonds. The Morgan fingerprint density at radius 1 is 1.16 bits per heavy atom. The van der Waals surface area contributed by atoms with Gasteiger partial charge in [0.1, 0.15) is 12.1 Å². The van der Waals surface area contributed by atoms with Crippen molar-refractivity contribution in [3.8, 4) is 17.1 Å². The Hall–Kier alpha value is -3.60. The van der Waals surface area contributed by atoms with E-state index < -0.39 is 10.0 Å². The summed E-state index contributed by atoms with van der Waals surface area (Å²) < 4.78 is 31.9. The van der Waals surface area contributed by atoms with Crippen molar-refractivity contribution in [2.75, 3.05) is 11.3 Å². The zero-order chi connectivity index (χ0) is 22.6. The number of carbonyl (C=O) groups excluding carboxylic acids is 1. The largest absolute Gasteiger partial charge is 0.477 e. The van der Waals surface area contributed by atoms with Gasteiger partial charge in [0, 0.05) is 17.2 Å². The van der Waals surface area contributed by atoms with E-state index in [1.807, 2.05) is 6.92 Å². The molecule has 1 saturated carbocycles. The van der Waals surface area contributed by atoms with Crippen LogP contribution in [0.2, 0.25) is 0 Å². The molecule has 3 aromatic rings. The summed E-state index contributed by atoms with van der Waals surface area (Å²) in [7, 11) is -3.41. The van der Waals surface area contributed by atoms with E-state index in [0.29, 0.717) is 42.3 Å². The summed E-state index contributed by atoms with van der Waals surface area (Å²) in [5.74, 6) is 0.343. The minimum absolute atomic E-state index is 0.128. The molecule has 0 saturated heterocycles. The van der Waals surface area contributed by atoms with Gasteiger partial charge in [-0.15, -0.1) is 0 Å². The molecule has 2 N–H and O–H groups in total. The first-order valence-corrected chi connectivity index (χ1v) is 11.7. The summed E-state index contributed by atoms with van der Waals surface area (Å²) in [5.41, 5.74) is 2.40. The van der Waals surface area contributed by atoms with E-state index >= 15 is 0 Å². The molecule has 32 heavy (non-hydrogen) atoms. The fourth-order valence-corrected chi connectivity index (χ4v) is 4.25. The molecule has 1 aliphatic rings. The molecule has 0 unspecified atom stereocenters. The highest BCUT2D eigenvalue weighted by molar-refractivity contribution is 7.93. The molecular formula is C21H22N6O4S. The monoisotopic (exact) mass is 454 g/mol. The predicted molar refractivity (Wildman–Crippen MR) is 117 cm³/mol. The molecule has 0 atom stereocenters. The van der Waals surface area contributed by atoms with E-state index in [9.17, 15) is 13.2 Å². The standard InChI is InChI=1S/C21H22N6O4S/c1-2-31-20-12-22-11-18(26-20)14-3-5-15(6-4-14)21(28)23-10-16-9-19(25-13-24-16)27-32(29,30)17-7-8-17/h3-6,9,11-13,17H,2,7-8,10H2,1H3,(H,23,28)(H,24,25,27). The summed E-state index contributed by atoms with van der Waals surface area (Å²) in [4.78, 5) is 29.0. The molecule has 2 heterocycles. The van der Waals surface area contributed by atoms with E-state index in [-0.39, 0.29) is 23.5 Å². The second-order valence-electron chi connectivity index (χ2n) is 7.18. The smallest absolute Gasteiger partial charge is 0.251 e. The third-order valence-electron chi connectivity index (χ3n) is 4.71. The highest BCUT2D eigenvalue weighted by Gasteiger charge is 2.36. The predicted octanol–water partition coefficient (Wildman–Crippen LogP) is 2.17. The lowest BCUT2D eigenvalue weighted by molar-refractivity contribution is 0.0950. The Kier molecular flexibility index (Phi) is 6.26. The summed E-state index contributed by atoms with van der Waals surface area (Å²) in [6.45, 7) is 2.50. The van der Waals surface area contributed by atoms with Crippen LogP contribution in [-0.2, 0) is 16.6 Å². The SMILES string of the molecule is CCOc1cncc(-c2ccc(C(=O)NCc3cc(NS(=O)(=O)C4CC4)ncn3)cc2)n1. The number of benzene rings is 1. The molecule has 10 nitrogen and oxygen atoms in total. The lowest BCUT2D eigenvalue weighted by Crippen LogP contribution is -2.23. The van der Waals surface area contributed by atoms with Gasteiger partial charge in [0.2, 0.25) is 15.9 Å². The van der Waals surface area contributed by atoms with Crippen LogP contribution in [0.3, 0.4) is 0 Å². The number of carbonyl (C=O) groups is 1. The Morgan fingerprint density at radius 2 is 1.94 bits per heavy atom. The maximum atomic E-state index is 12.5. The normalized spacial score (nSPS) is 13.4. The van der Waals surface area contributed by atoms with Crippen LogP contribution < -0.4 is 14.8 Å². The average molecular weight is 455 g/mol. The molecule has 1 fully saturated rings. The Balaban J connectivity index is 1.37. The van der Waals surface area contributed by atoms with E-state index in [4.69, 9.17) is 4.74 Å². The number of nitrogens with zero attached hydrogens (tertiary/aromatic N) is 4. The Labute approximate surface area is 185 Å². The zero-order valence-electron chi connectivity index (χ0n) is 17.4. The van der Waals surface area contributed by atoms with Crippen molar-refractivity contribution in [2.24, 2.45) is 0 Å². The second-order valence-corrected chi connectivity index (χ2v) is 9.14. The lowest BCUT2D eigenvalue weighted by Gasteiger charge is -2.09. The first-order valence-electron chi connectivity index (χ1n) is 10.1. The average Bonchev–Trinajstić information content (AvgIpc) is 3.64. The molecule has 0 radical (unpaired) electrons. The molecule has 4 rings (SSSR count). The number of sulfonamides is 1. The molecule has 0 aliphatic heterocycles. The van der Waals surface area contributed by atoms with Gasteiger partial charge in [0.15, 0.2) is 0 Å². The third kappa shape index (κ3) is 5.35. The van der Waals surface area contributed by atoms with Gasteiger partial charge >= 0.3 is 0 Å². The molecule has 1 aromatic carbocycles. The lowest BCUT2D eigenvalue weighted by atomic mass is 10.1. The molecular weight excluding hydrogens is 432 g/mol. The fourth-order valence-electron chi connectivity index (χ4n) is 2.93. The van der Waals surface area contributed by atoms with Gasteiger partial charge in [-0.1, -0.05) is 12.1 Å². The van der Waals surface area contributed by atoms with Crippen LogP contribution in [0.15, 0.2) is 49.1 Å². The second kappa shape index (κ2) is 9.27. The number of amides is 1. The maximum absolute atomic E-state index is 12.5. The number of rotatable bonds is 9. The summed E-state index contributed by atoms with van der Waals surface area (Å²) in [6, 6.07) is 8.45. The minimum atomic E-state index is -3.41. The fraction of sp³-hybridized carbons (Fsp3) is 0.286. The molecule has 11 heteroatoms. The van der Waals surface area contributed by atoms with E-state index in [1.165, 1.54) is 12.4 Å². The van der Waals surface area contributed by atoms with Crippen molar-refractivity contribution >= 4 is 21.7 Å². The number of ether oxygens (including phenoxy) is 1. The van der Waals surface area contributed by atoms with Crippen molar-refractivity contribution in [1.82, 2.24) is 25.3 Å². The topological polar surface area (TPSA) is 136 Å². The molecule has 0 bridgehead atoms. The maximum Gasteiger partial charge on any atom is 0.251 e. The van der Waals surface area contributed by atoms with E-state index in [2.05, 4.69) is 30.0 Å². The molecule has 0 spiro atoms. The highest BCUT2D eigenvalue weighted by Crippen LogP contribution is 2.29. The van der Waals surface area contributed by atoms with Crippen LogP contribution >= 0.6 is 0 Å². The molecule has 166 valence electrons. The summed E-state index contributed by atoms with van der Waals surface area (Å²) in [5, 5.41) is 2.42. The van der Waals surface area contributed by atoms with Gasteiger partial charge < -0.3 is 10.1 Å². The van der Waals surface area contributed by atoms with Crippen molar-refractivity contribution in [3.63, 3.8) is 0 Å². The van der Waals surface area contributed by atoms with Crippen LogP contribution in [0.4, 0.5) is 5.82 Å². The van der Waals surface area contributed by atoms with Gasteiger partial charge in [0.25, 0.3) is 5.91 Å². The van der Waals surface area contributed by atoms with Crippen molar-refractivity contribution in [3.05, 3.63) is 60.3 Å². The Morgan fingerprint density at radius 3 is 2.66 bits per heavy atom. The Bertz CT molecular complexity index is 1210. The van der Waals surface area contributed by atoms with Crippen LogP contribution in [0.25, 0.3) is 11.3 Å². The van der Waals surface area contributed by atoms with Crippen LogP contribution in [0.1, 0.15) is 35.8 Å². The van der Waals surface area contributed by atoms with Gasteiger partial charge in [-0.05, 0) is 31.9 Å². The summed E-state index contributed by atoms with van der Waals surface area (Å²) >= 11 is 0. The van der Waals surface area contributed by atoms with E-state index in [1.54, 1.807) is 36.7 Å². The highest BCUT2D eigenvalue weighted by atomic mass is 32.2. The van der Waals surface area contributed by atoms with Gasteiger partial charge in [-0.2, -0.15) is 0 Å². The third-order valence-corrected chi connectivity index (χ3v) is 6.55. The number of nitrogens with one attached hydrogen (secondary N) is 2. The first kappa shape index (κ1) is 21.6. The van der Waals surface area contributed by atoms with Crippen molar-refractivity contribution in [1.29, 1.82) is 0 Å². The van der Waals surface area contributed by atoms with Crippen LogP contribution in [-0.4, -0.2) is 46.1 Å². The van der Waals surface area contributed by atoms with Crippen molar-refractivity contribution < 1.29 is 17.9 Å². The van der Waals surface area contributed by atoms with Crippen LogP contribution in [0, 0.1) is 0 Å². The van der Waals surface area contributed by atoms with E-state index in [0.717, 1.165) is 5.56 Å². The van der Waals surface area contributed by atoms with Crippen LogP contribution in [0.5, 0.6) is 5.88 Å². The summed E-state index contributed by atoms with van der Waals surface area (Å²) in [6.07, 6.45) is 5.75. The number of hydrogen-bond donors (Lipinski definition) is 2. The minimum Gasteiger partial charge on any atom is -0.477 e. The van der Waals surface area contributed by atoms with Gasteiger partial charge in [-0.3, -0.25) is 14.5 Å². The zero-order valence-corrected chi connectivity index (χ0v) is 18.2. The first-order chi connectivity index (χ1) is 15.4.